The number of para-hydroxylation sites is 1. The van der Waals surface area contributed by atoms with Crippen LogP contribution >= 0.6 is 26.3 Å². The van der Waals surface area contributed by atoms with Gasteiger partial charge in [0.05, 0.1) is 5.69 Å². The number of aromatic hydroxyl groups is 1. The third kappa shape index (κ3) is 4.78. The summed E-state index contributed by atoms with van der Waals surface area (Å²) < 4.78 is 0. The van der Waals surface area contributed by atoms with E-state index in [9.17, 15) is 5.11 Å². The molecule has 0 fully saturated rings. The molecule has 2 nitrogen and oxygen atoms in total. The fourth-order valence-corrected chi connectivity index (χ4v) is 2.06. The van der Waals surface area contributed by atoms with E-state index in [1.54, 1.807) is 18.3 Å². The zero-order chi connectivity index (χ0) is 15.8. The van der Waals surface area contributed by atoms with E-state index in [0.29, 0.717) is 0 Å². The third-order valence-corrected chi connectivity index (χ3v) is 3.05. The molecule has 110 valence electrons. The van der Waals surface area contributed by atoms with E-state index in [0.717, 1.165) is 22.0 Å². The Kier molecular flexibility index (Phi) is 7.33. The summed E-state index contributed by atoms with van der Waals surface area (Å²) in [5.74, 6) is 0.242. The SMILES string of the molecule is Oc1ccccc1C=Nc1cccc2ccccc12.[Br][Ti][Br]. The van der Waals surface area contributed by atoms with Crippen molar-refractivity contribution >= 4 is 49.0 Å². The van der Waals surface area contributed by atoms with Crippen LogP contribution in [0.15, 0.2) is 71.7 Å². The average Bonchev–Trinajstić information content (AvgIpc) is 2.55. The van der Waals surface area contributed by atoms with Gasteiger partial charge in [-0.25, -0.2) is 0 Å². The summed E-state index contributed by atoms with van der Waals surface area (Å²) in [5.41, 5.74) is 1.62. The second-order valence-electron chi connectivity index (χ2n) is 4.39. The van der Waals surface area contributed by atoms with Crippen LogP contribution in [0.4, 0.5) is 5.69 Å². The summed E-state index contributed by atoms with van der Waals surface area (Å²) in [7, 11) is 0. The van der Waals surface area contributed by atoms with E-state index < -0.39 is 0 Å². The van der Waals surface area contributed by atoms with E-state index in [4.69, 9.17) is 0 Å². The zero-order valence-corrected chi connectivity index (χ0v) is 16.3. The van der Waals surface area contributed by atoms with Gasteiger partial charge in [0.1, 0.15) is 5.75 Å². The summed E-state index contributed by atoms with van der Waals surface area (Å²) in [6.45, 7) is 0. The van der Waals surface area contributed by atoms with E-state index in [1.165, 1.54) is 0 Å². The fourth-order valence-electron chi connectivity index (χ4n) is 2.06. The van der Waals surface area contributed by atoms with Crippen molar-refractivity contribution in [2.24, 2.45) is 4.99 Å². The van der Waals surface area contributed by atoms with Crippen molar-refractivity contribution < 1.29 is 20.1 Å². The fraction of sp³-hybridized carbons (Fsp3) is 0. The standard InChI is InChI=1S/C17H13NO.2BrH.Ti/c19-17-11-4-2-7-14(17)12-18-16-10-5-8-13-6-1-3-9-15(13)16;;;/h1-12,19H;2*1H;/q;;;+2/p-2. The molecule has 3 aromatic rings. The molecule has 22 heavy (non-hydrogen) atoms. The first-order valence-corrected chi connectivity index (χ1v) is 14.2. The molecule has 0 bridgehead atoms. The minimum atomic E-state index is 0.125. The van der Waals surface area contributed by atoms with E-state index in [2.05, 4.69) is 43.4 Å². The first-order chi connectivity index (χ1) is 10.8. The van der Waals surface area contributed by atoms with Crippen molar-refractivity contribution in [2.75, 3.05) is 0 Å². The Morgan fingerprint density at radius 1 is 0.864 bits per heavy atom. The molecule has 1 N–H and O–H groups in total. The predicted molar refractivity (Wildman–Crippen MR) is 97.2 cm³/mol. The Labute approximate surface area is 151 Å². The third-order valence-electron chi connectivity index (χ3n) is 3.05. The molecule has 0 unspecified atom stereocenters. The van der Waals surface area contributed by atoms with Crippen molar-refractivity contribution in [3.05, 3.63) is 72.3 Å². The molecular formula is C17H13Br2NOTi. The summed E-state index contributed by atoms with van der Waals surface area (Å²) in [4.78, 5) is 4.48. The van der Waals surface area contributed by atoms with Gasteiger partial charge in [-0.05, 0) is 23.6 Å². The maximum atomic E-state index is 9.71. The van der Waals surface area contributed by atoms with Crippen molar-refractivity contribution in [2.45, 2.75) is 0 Å². The van der Waals surface area contributed by atoms with Gasteiger partial charge in [0.15, 0.2) is 0 Å². The van der Waals surface area contributed by atoms with Crippen molar-refractivity contribution in [3.63, 3.8) is 0 Å². The molecule has 0 atom stereocenters. The molecule has 0 aliphatic heterocycles. The van der Waals surface area contributed by atoms with Crippen molar-refractivity contribution in [3.8, 4) is 5.75 Å². The van der Waals surface area contributed by atoms with Gasteiger partial charge in [-0.15, -0.1) is 0 Å². The van der Waals surface area contributed by atoms with Gasteiger partial charge in [0.2, 0.25) is 0 Å². The molecule has 0 heterocycles. The van der Waals surface area contributed by atoms with E-state index >= 15 is 0 Å². The van der Waals surface area contributed by atoms with Crippen LogP contribution in [0.5, 0.6) is 5.75 Å². The topological polar surface area (TPSA) is 32.6 Å². The molecule has 0 saturated carbocycles. The number of hydrogen-bond acceptors (Lipinski definition) is 2. The molecule has 0 radical (unpaired) electrons. The summed E-state index contributed by atoms with van der Waals surface area (Å²) >= 11 is 6.50. The van der Waals surface area contributed by atoms with Crippen LogP contribution < -0.4 is 0 Å². The number of nitrogens with zero attached hydrogens (tertiary/aromatic N) is 1. The van der Waals surface area contributed by atoms with Crippen LogP contribution in [0, 0.1) is 0 Å². The van der Waals surface area contributed by atoms with Gasteiger partial charge in [-0.1, -0.05) is 48.5 Å². The monoisotopic (exact) mass is 453 g/mol. The molecule has 0 aliphatic carbocycles. The first kappa shape index (κ1) is 17.4. The van der Waals surface area contributed by atoms with E-state index in [1.807, 2.05) is 42.5 Å². The normalized spacial score (nSPS) is 10.3. The van der Waals surface area contributed by atoms with Crippen LogP contribution in [-0.4, -0.2) is 11.3 Å². The molecule has 0 saturated heterocycles. The summed E-state index contributed by atoms with van der Waals surface area (Å²) in [5, 5.41) is 12.0. The van der Waals surface area contributed by atoms with Crippen LogP contribution in [0.3, 0.4) is 0 Å². The number of fused-ring (bicyclic) bond motifs is 1. The minimum absolute atomic E-state index is 0.125. The quantitative estimate of drug-likeness (QED) is 0.374. The molecule has 5 heteroatoms. The van der Waals surface area contributed by atoms with Gasteiger partial charge in [0, 0.05) is 17.2 Å². The van der Waals surface area contributed by atoms with Crippen LogP contribution in [0.1, 0.15) is 5.56 Å². The van der Waals surface area contributed by atoms with Gasteiger partial charge in [-0.3, -0.25) is 4.99 Å². The second-order valence-corrected chi connectivity index (χ2v) is 12.3. The molecule has 0 spiro atoms. The summed E-state index contributed by atoms with van der Waals surface area (Å²) in [6, 6.07) is 21.3. The molecule has 3 rings (SSSR count). The number of benzene rings is 3. The summed E-state index contributed by atoms with van der Waals surface area (Å²) in [6.07, 6.45) is 1.69. The van der Waals surface area contributed by atoms with E-state index in [-0.39, 0.29) is 20.7 Å². The number of phenols is 1. The zero-order valence-electron chi connectivity index (χ0n) is 11.6. The number of phenolic OH excluding ortho intramolecular Hbond substituents is 1. The number of aliphatic imine (C=N–C) groups is 1. The Balaban J connectivity index is 0.000000545. The average molecular weight is 455 g/mol. The van der Waals surface area contributed by atoms with Gasteiger partial charge in [-0.2, -0.15) is 0 Å². The number of rotatable bonds is 2. The predicted octanol–water partition coefficient (Wildman–Crippen LogP) is 5.98. The Bertz CT molecular complexity index is 772. The molecule has 0 amide bonds. The van der Waals surface area contributed by atoms with Crippen LogP contribution in [0.25, 0.3) is 10.8 Å². The number of halogens is 2. The van der Waals surface area contributed by atoms with Gasteiger partial charge < -0.3 is 5.11 Å². The second kappa shape index (κ2) is 9.26. The first-order valence-electron chi connectivity index (χ1n) is 6.52. The Morgan fingerprint density at radius 2 is 1.50 bits per heavy atom. The Hall–Kier alpha value is -0.936. The Morgan fingerprint density at radius 3 is 2.27 bits per heavy atom. The number of hydrogen-bond donors (Lipinski definition) is 1. The van der Waals surface area contributed by atoms with Crippen LogP contribution in [0.2, 0.25) is 0 Å². The molecule has 0 aromatic heterocycles. The van der Waals surface area contributed by atoms with Crippen molar-refractivity contribution in [1.29, 1.82) is 0 Å². The van der Waals surface area contributed by atoms with Gasteiger partial charge in [0.25, 0.3) is 0 Å². The van der Waals surface area contributed by atoms with Gasteiger partial charge >= 0.3 is 41.3 Å². The van der Waals surface area contributed by atoms with Crippen LogP contribution in [-0.2, 0) is 15.0 Å². The molecule has 0 aliphatic rings. The molecule has 3 aromatic carbocycles. The molecular weight excluding hydrogens is 442 g/mol. The van der Waals surface area contributed by atoms with Crippen molar-refractivity contribution in [1.82, 2.24) is 0 Å². The maximum absolute atomic E-state index is 9.71.